The lowest BCUT2D eigenvalue weighted by Gasteiger charge is -2.30. The quantitative estimate of drug-likeness (QED) is 0.916. The van der Waals surface area contributed by atoms with Crippen molar-refractivity contribution in [3.8, 4) is 5.75 Å². The number of para-hydroxylation sites is 1. The molecule has 0 fully saturated rings. The van der Waals surface area contributed by atoms with E-state index >= 15 is 0 Å². The molecule has 98 valence electrons. The third kappa shape index (κ3) is 2.43. The van der Waals surface area contributed by atoms with Gasteiger partial charge in [0, 0.05) is 22.4 Å². The molecule has 2 atom stereocenters. The average molecular weight is 276 g/mol. The number of aromatic nitrogens is 1. The van der Waals surface area contributed by atoms with Gasteiger partial charge in [-0.25, -0.2) is 4.39 Å². The lowest BCUT2D eigenvalue weighted by molar-refractivity contribution is 0.183. The van der Waals surface area contributed by atoms with Gasteiger partial charge < -0.3 is 10.5 Å². The Morgan fingerprint density at radius 2 is 2.21 bits per heavy atom. The van der Waals surface area contributed by atoms with E-state index in [1.807, 2.05) is 24.3 Å². The second kappa shape index (κ2) is 5.19. The zero-order chi connectivity index (χ0) is 13.2. The molecule has 2 N–H and O–H groups in total. The second-order valence-electron chi connectivity index (χ2n) is 4.34. The van der Waals surface area contributed by atoms with E-state index in [-0.39, 0.29) is 11.9 Å². The Morgan fingerprint density at radius 1 is 1.37 bits per heavy atom. The highest BCUT2D eigenvalue weighted by atomic mass is 32.2. The summed E-state index contributed by atoms with van der Waals surface area (Å²) in [5, 5.41) is 0. The summed E-state index contributed by atoms with van der Waals surface area (Å²) in [7, 11) is 0. The maximum absolute atomic E-state index is 13.7. The van der Waals surface area contributed by atoms with Gasteiger partial charge in [-0.15, -0.1) is 11.8 Å². The Morgan fingerprint density at radius 3 is 3.05 bits per heavy atom. The van der Waals surface area contributed by atoms with Crippen molar-refractivity contribution >= 4 is 11.8 Å². The number of benzene rings is 1. The van der Waals surface area contributed by atoms with Gasteiger partial charge in [0.05, 0.1) is 12.2 Å². The minimum absolute atomic E-state index is 0.239. The molecular weight excluding hydrogens is 263 g/mol. The summed E-state index contributed by atoms with van der Waals surface area (Å²) in [4.78, 5) is 4.83. The summed E-state index contributed by atoms with van der Waals surface area (Å²) >= 11 is 1.68. The molecule has 2 heterocycles. The molecule has 3 nitrogen and oxygen atoms in total. The molecule has 2 aromatic rings. The number of nitrogens with two attached hydrogens (primary N) is 1. The highest BCUT2D eigenvalue weighted by Gasteiger charge is 2.28. The van der Waals surface area contributed by atoms with Gasteiger partial charge in [0.1, 0.15) is 17.7 Å². The lowest BCUT2D eigenvalue weighted by atomic mass is 10.0. The van der Waals surface area contributed by atoms with Crippen molar-refractivity contribution in [1.82, 2.24) is 4.98 Å². The Hall–Kier alpha value is -1.59. The first-order valence-corrected chi connectivity index (χ1v) is 6.98. The molecule has 1 aromatic carbocycles. The highest BCUT2D eigenvalue weighted by molar-refractivity contribution is 7.99. The van der Waals surface area contributed by atoms with Crippen LogP contribution in [0.5, 0.6) is 5.75 Å². The number of rotatable bonds is 2. The van der Waals surface area contributed by atoms with Crippen molar-refractivity contribution in [2.24, 2.45) is 5.73 Å². The van der Waals surface area contributed by atoms with E-state index in [9.17, 15) is 4.39 Å². The smallest absolute Gasteiger partial charge is 0.146 e. The molecule has 0 saturated carbocycles. The summed E-state index contributed by atoms with van der Waals surface area (Å²) < 4.78 is 19.6. The number of ether oxygens (including phenoxy) is 1. The fourth-order valence-electron chi connectivity index (χ4n) is 2.07. The van der Waals surface area contributed by atoms with E-state index in [0.717, 1.165) is 10.6 Å². The summed E-state index contributed by atoms with van der Waals surface area (Å²) in [6, 6.07) is 8.91. The zero-order valence-corrected chi connectivity index (χ0v) is 10.9. The molecule has 0 aliphatic carbocycles. The molecule has 0 saturated heterocycles. The summed E-state index contributed by atoms with van der Waals surface area (Å²) in [6.45, 7) is 0. The predicted octanol–water partition coefficient (Wildman–Crippen LogP) is 2.77. The molecule has 0 radical (unpaired) electrons. The molecule has 0 bridgehead atoms. The van der Waals surface area contributed by atoms with E-state index < -0.39 is 6.04 Å². The van der Waals surface area contributed by atoms with Crippen LogP contribution in [-0.2, 0) is 0 Å². The molecule has 0 spiro atoms. The van der Waals surface area contributed by atoms with Crippen molar-refractivity contribution in [3.63, 3.8) is 0 Å². The van der Waals surface area contributed by atoms with Gasteiger partial charge in [0.15, 0.2) is 0 Å². The van der Waals surface area contributed by atoms with Crippen LogP contribution in [0.4, 0.5) is 4.39 Å². The molecule has 2 unspecified atom stereocenters. The molecule has 1 aliphatic rings. The van der Waals surface area contributed by atoms with Gasteiger partial charge in [0.25, 0.3) is 0 Å². The first kappa shape index (κ1) is 12.4. The number of hydrogen-bond donors (Lipinski definition) is 1. The highest BCUT2D eigenvalue weighted by Crippen LogP contribution is 2.37. The van der Waals surface area contributed by atoms with E-state index in [4.69, 9.17) is 10.5 Å². The first-order valence-electron chi connectivity index (χ1n) is 5.99. The van der Waals surface area contributed by atoms with Crippen LogP contribution < -0.4 is 10.5 Å². The van der Waals surface area contributed by atoms with Gasteiger partial charge in [-0.1, -0.05) is 12.1 Å². The van der Waals surface area contributed by atoms with Crippen LogP contribution in [0.25, 0.3) is 0 Å². The molecule has 1 aliphatic heterocycles. The van der Waals surface area contributed by atoms with Gasteiger partial charge in [-0.3, -0.25) is 4.98 Å². The van der Waals surface area contributed by atoms with Crippen LogP contribution in [0.2, 0.25) is 0 Å². The molecular formula is C14H13FN2OS. The van der Waals surface area contributed by atoms with Gasteiger partial charge in [-0.2, -0.15) is 0 Å². The van der Waals surface area contributed by atoms with E-state index in [0.29, 0.717) is 11.3 Å². The minimum Gasteiger partial charge on any atom is -0.486 e. The lowest BCUT2D eigenvalue weighted by Crippen LogP contribution is -2.36. The maximum atomic E-state index is 13.7. The Balaban J connectivity index is 1.83. The van der Waals surface area contributed by atoms with Crippen molar-refractivity contribution in [2.75, 3.05) is 5.75 Å². The monoisotopic (exact) mass is 276 g/mol. The van der Waals surface area contributed by atoms with Crippen LogP contribution in [0.1, 0.15) is 11.6 Å². The van der Waals surface area contributed by atoms with Crippen molar-refractivity contribution in [1.29, 1.82) is 0 Å². The molecule has 3 rings (SSSR count). The molecule has 19 heavy (non-hydrogen) atoms. The van der Waals surface area contributed by atoms with E-state index in [1.165, 1.54) is 6.20 Å². The Bertz CT molecular complexity index is 593. The third-order valence-corrected chi connectivity index (χ3v) is 4.24. The second-order valence-corrected chi connectivity index (χ2v) is 5.40. The largest absolute Gasteiger partial charge is 0.486 e. The van der Waals surface area contributed by atoms with Gasteiger partial charge >= 0.3 is 0 Å². The van der Waals surface area contributed by atoms with Crippen LogP contribution >= 0.6 is 11.8 Å². The van der Waals surface area contributed by atoms with Gasteiger partial charge in [-0.05, 0) is 18.2 Å². The Labute approximate surface area is 115 Å². The zero-order valence-electron chi connectivity index (χ0n) is 10.1. The number of nitrogens with zero attached hydrogens (tertiary/aromatic N) is 1. The summed E-state index contributed by atoms with van der Waals surface area (Å²) in [5.74, 6) is 1.14. The fraction of sp³-hybridized carbons (Fsp3) is 0.214. The van der Waals surface area contributed by atoms with E-state index in [2.05, 4.69) is 4.98 Å². The Kier molecular flexibility index (Phi) is 3.40. The number of fused-ring (bicyclic) bond motifs is 1. The predicted molar refractivity (Wildman–Crippen MR) is 72.7 cm³/mol. The molecule has 0 amide bonds. The summed E-state index contributed by atoms with van der Waals surface area (Å²) in [6.07, 6.45) is 2.48. The van der Waals surface area contributed by atoms with Crippen LogP contribution in [0, 0.1) is 5.82 Å². The minimum atomic E-state index is -0.496. The molecule has 5 heteroatoms. The van der Waals surface area contributed by atoms with Gasteiger partial charge in [0.2, 0.25) is 0 Å². The SMILES string of the molecule is NC(c1ccncc1F)C1CSc2ccccc2O1. The first-order chi connectivity index (χ1) is 9.25. The number of halogens is 1. The number of thioether (sulfide) groups is 1. The van der Waals surface area contributed by atoms with Crippen LogP contribution in [0.3, 0.4) is 0 Å². The van der Waals surface area contributed by atoms with Crippen molar-refractivity contribution < 1.29 is 9.13 Å². The van der Waals surface area contributed by atoms with Crippen LogP contribution in [0.15, 0.2) is 47.6 Å². The fourth-order valence-corrected chi connectivity index (χ4v) is 3.12. The average Bonchev–Trinajstić information content (AvgIpc) is 2.46. The molecule has 1 aromatic heterocycles. The standard InChI is InChI=1S/C14H13FN2OS/c15-10-7-17-6-5-9(10)14(16)12-8-19-13-4-2-1-3-11(13)18-12/h1-7,12,14H,8,16H2. The van der Waals surface area contributed by atoms with Crippen molar-refractivity contribution in [3.05, 3.63) is 54.1 Å². The number of hydrogen-bond acceptors (Lipinski definition) is 4. The normalized spacial score (nSPS) is 19.4. The number of pyridine rings is 1. The topological polar surface area (TPSA) is 48.1 Å². The van der Waals surface area contributed by atoms with Crippen LogP contribution in [-0.4, -0.2) is 16.8 Å². The maximum Gasteiger partial charge on any atom is 0.146 e. The van der Waals surface area contributed by atoms with E-state index in [1.54, 1.807) is 24.0 Å². The third-order valence-electron chi connectivity index (χ3n) is 3.09. The summed E-state index contributed by atoms with van der Waals surface area (Å²) in [5.41, 5.74) is 6.57. The van der Waals surface area contributed by atoms with Crippen molar-refractivity contribution in [2.45, 2.75) is 17.0 Å².